The van der Waals surface area contributed by atoms with E-state index in [0.29, 0.717) is 5.54 Å². The van der Waals surface area contributed by atoms with Crippen LogP contribution in [0.5, 0.6) is 0 Å². The molecule has 1 aliphatic heterocycles. The van der Waals surface area contributed by atoms with Crippen LogP contribution in [0.1, 0.15) is 20.8 Å². The minimum atomic E-state index is 0.348. The predicted molar refractivity (Wildman–Crippen MR) is 61.6 cm³/mol. The Balaban J connectivity index is 2.30. The molecule has 0 aliphatic carbocycles. The van der Waals surface area contributed by atoms with Crippen molar-refractivity contribution in [2.24, 2.45) is 0 Å². The molecule has 1 fully saturated rings. The first-order chi connectivity index (χ1) is 6.04. The fraction of sp³-hybridized carbons (Fsp3) is 1.00. The zero-order valence-corrected chi connectivity index (χ0v) is 10.6. The van der Waals surface area contributed by atoms with Crippen molar-refractivity contribution >= 4 is 15.9 Å². The molecular weight excluding hydrogens is 228 g/mol. The van der Waals surface area contributed by atoms with Crippen molar-refractivity contribution in [2.75, 3.05) is 38.1 Å². The van der Waals surface area contributed by atoms with Gasteiger partial charge in [0.15, 0.2) is 0 Å². The van der Waals surface area contributed by atoms with Gasteiger partial charge in [0.05, 0.1) is 0 Å². The van der Waals surface area contributed by atoms with Gasteiger partial charge in [0.2, 0.25) is 0 Å². The summed E-state index contributed by atoms with van der Waals surface area (Å²) in [6.45, 7) is 13.0. The van der Waals surface area contributed by atoms with Crippen molar-refractivity contribution < 1.29 is 0 Å². The molecule has 0 aromatic rings. The van der Waals surface area contributed by atoms with Crippen LogP contribution < -0.4 is 0 Å². The first-order valence-electron chi connectivity index (χ1n) is 5.07. The smallest absolute Gasteiger partial charge is 0.0159 e. The third-order valence-electron chi connectivity index (χ3n) is 2.72. The Morgan fingerprint density at radius 1 is 1.08 bits per heavy atom. The Hall–Kier alpha value is 0.400. The summed E-state index contributed by atoms with van der Waals surface area (Å²) in [5.41, 5.74) is 0.348. The van der Waals surface area contributed by atoms with Crippen LogP contribution in [-0.2, 0) is 0 Å². The molecule has 1 heterocycles. The number of hydrogen-bond acceptors (Lipinski definition) is 2. The average molecular weight is 249 g/mol. The monoisotopic (exact) mass is 248 g/mol. The van der Waals surface area contributed by atoms with E-state index in [4.69, 9.17) is 0 Å². The second-order valence-electron chi connectivity index (χ2n) is 4.69. The lowest BCUT2D eigenvalue weighted by Gasteiger charge is -2.42. The Labute approximate surface area is 90.4 Å². The summed E-state index contributed by atoms with van der Waals surface area (Å²) in [7, 11) is 0. The summed E-state index contributed by atoms with van der Waals surface area (Å²) in [4.78, 5) is 5.09. The molecule has 0 spiro atoms. The molecule has 0 N–H and O–H groups in total. The molecule has 78 valence electrons. The Morgan fingerprint density at radius 2 is 1.62 bits per heavy atom. The zero-order chi connectivity index (χ0) is 9.90. The van der Waals surface area contributed by atoms with E-state index in [1.807, 2.05) is 0 Å². The van der Waals surface area contributed by atoms with E-state index in [-0.39, 0.29) is 0 Å². The Bertz CT molecular complexity index is 145. The van der Waals surface area contributed by atoms with Crippen LogP contribution in [-0.4, -0.2) is 53.4 Å². The van der Waals surface area contributed by atoms with E-state index >= 15 is 0 Å². The lowest BCUT2D eigenvalue weighted by Crippen LogP contribution is -2.53. The maximum Gasteiger partial charge on any atom is 0.0159 e. The average Bonchev–Trinajstić information content (AvgIpc) is 2.04. The highest BCUT2D eigenvalue weighted by Gasteiger charge is 2.25. The predicted octanol–water partition coefficient (Wildman–Crippen LogP) is 1.80. The van der Waals surface area contributed by atoms with E-state index < -0.39 is 0 Å². The summed E-state index contributed by atoms with van der Waals surface area (Å²) < 4.78 is 0. The van der Waals surface area contributed by atoms with Crippen LogP contribution in [0.25, 0.3) is 0 Å². The van der Waals surface area contributed by atoms with Crippen molar-refractivity contribution in [3.63, 3.8) is 0 Å². The largest absolute Gasteiger partial charge is 0.300 e. The maximum absolute atomic E-state index is 3.48. The second-order valence-corrected chi connectivity index (χ2v) is 5.48. The van der Waals surface area contributed by atoms with Crippen molar-refractivity contribution in [2.45, 2.75) is 26.3 Å². The van der Waals surface area contributed by atoms with E-state index in [2.05, 4.69) is 46.5 Å². The van der Waals surface area contributed by atoms with Crippen molar-refractivity contribution in [3.05, 3.63) is 0 Å². The number of nitrogens with zero attached hydrogens (tertiary/aromatic N) is 2. The van der Waals surface area contributed by atoms with Gasteiger partial charge in [0.1, 0.15) is 0 Å². The van der Waals surface area contributed by atoms with Crippen molar-refractivity contribution in [3.8, 4) is 0 Å². The lowest BCUT2D eigenvalue weighted by molar-refractivity contribution is 0.0654. The summed E-state index contributed by atoms with van der Waals surface area (Å²) in [6, 6.07) is 0. The standard InChI is InChI=1S/C10H21BrN2/c1-10(2,3)13-8-6-12(5-4-11)7-9-13/h4-9H2,1-3H3. The van der Waals surface area contributed by atoms with Gasteiger partial charge in [-0.15, -0.1) is 0 Å². The third kappa shape index (κ3) is 3.56. The van der Waals surface area contributed by atoms with Gasteiger partial charge in [-0.3, -0.25) is 9.80 Å². The molecule has 0 aromatic carbocycles. The molecule has 3 heteroatoms. The van der Waals surface area contributed by atoms with E-state index in [1.165, 1.54) is 32.7 Å². The van der Waals surface area contributed by atoms with Gasteiger partial charge < -0.3 is 0 Å². The minimum absolute atomic E-state index is 0.348. The highest BCUT2D eigenvalue weighted by molar-refractivity contribution is 9.09. The Kier molecular flexibility index (Phi) is 4.20. The normalized spacial score (nSPS) is 22.2. The van der Waals surface area contributed by atoms with Crippen molar-refractivity contribution in [1.29, 1.82) is 0 Å². The van der Waals surface area contributed by atoms with Gasteiger partial charge in [0.25, 0.3) is 0 Å². The number of halogens is 1. The molecule has 0 aromatic heterocycles. The van der Waals surface area contributed by atoms with Gasteiger partial charge >= 0.3 is 0 Å². The molecule has 1 saturated heterocycles. The molecular formula is C10H21BrN2. The first-order valence-corrected chi connectivity index (χ1v) is 6.19. The highest BCUT2D eigenvalue weighted by Crippen LogP contribution is 2.15. The van der Waals surface area contributed by atoms with E-state index in [0.717, 1.165) is 5.33 Å². The van der Waals surface area contributed by atoms with Crippen LogP contribution in [0.3, 0.4) is 0 Å². The highest BCUT2D eigenvalue weighted by atomic mass is 79.9. The minimum Gasteiger partial charge on any atom is -0.300 e. The molecule has 1 rings (SSSR count). The lowest BCUT2D eigenvalue weighted by atomic mass is 10.1. The summed E-state index contributed by atoms with van der Waals surface area (Å²) in [5.74, 6) is 0. The van der Waals surface area contributed by atoms with Gasteiger partial charge in [-0.2, -0.15) is 0 Å². The molecule has 2 nitrogen and oxygen atoms in total. The molecule has 0 saturated carbocycles. The van der Waals surface area contributed by atoms with Crippen molar-refractivity contribution in [1.82, 2.24) is 9.80 Å². The molecule has 0 unspecified atom stereocenters. The van der Waals surface area contributed by atoms with E-state index in [1.54, 1.807) is 0 Å². The van der Waals surface area contributed by atoms with Gasteiger partial charge in [-0.1, -0.05) is 15.9 Å². The SMILES string of the molecule is CC(C)(C)N1CCN(CCBr)CC1. The summed E-state index contributed by atoms with van der Waals surface area (Å²) in [6.07, 6.45) is 0. The molecule has 13 heavy (non-hydrogen) atoms. The number of alkyl halides is 1. The zero-order valence-electron chi connectivity index (χ0n) is 9.02. The van der Waals surface area contributed by atoms with Gasteiger partial charge in [-0.25, -0.2) is 0 Å². The summed E-state index contributed by atoms with van der Waals surface area (Å²) in [5, 5.41) is 1.10. The first kappa shape index (κ1) is 11.5. The number of hydrogen-bond donors (Lipinski definition) is 0. The molecule has 1 aliphatic rings. The van der Waals surface area contributed by atoms with Crippen LogP contribution in [0.4, 0.5) is 0 Å². The quantitative estimate of drug-likeness (QED) is 0.688. The van der Waals surface area contributed by atoms with Crippen LogP contribution in [0, 0.1) is 0 Å². The fourth-order valence-corrected chi connectivity index (χ4v) is 2.26. The molecule has 0 radical (unpaired) electrons. The van der Waals surface area contributed by atoms with Crippen LogP contribution in [0.15, 0.2) is 0 Å². The second kappa shape index (κ2) is 4.76. The van der Waals surface area contributed by atoms with E-state index in [9.17, 15) is 0 Å². The van der Waals surface area contributed by atoms with Gasteiger partial charge in [0, 0.05) is 43.6 Å². The Morgan fingerprint density at radius 3 is 2.00 bits per heavy atom. The molecule has 0 bridgehead atoms. The third-order valence-corrected chi connectivity index (χ3v) is 3.08. The van der Waals surface area contributed by atoms with Crippen LogP contribution in [0.2, 0.25) is 0 Å². The fourth-order valence-electron chi connectivity index (χ4n) is 1.76. The van der Waals surface area contributed by atoms with Gasteiger partial charge in [-0.05, 0) is 20.8 Å². The molecule has 0 amide bonds. The number of rotatable bonds is 2. The topological polar surface area (TPSA) is 6.48 Å². The van der Waals surface area contributed by atoms with Crippen LogP contribution >= 0.6 is 15.9 Å². The summed E-state index contributed by atoms with van der Waals surface area (Å²) >= 11 is 3.48. The maximum atomic E-state index is 3.48. The molecule has 0 atom stereocenters. The number of piperazine rings is 1.